The predicted octanol–water partition coefficient (Wildman–Crippen LogP) is 1.30. The van der Waals surface area contributed by atoms with Crippen molar-refractivity contribution in [3.05, 3.63) is 0 Å². The number of carbonyl (C=O) groups is 1. The lowest BCUT2D eigenvalue weighted by Crippen LogP contribution is -2.03. The van der Waals surface area contributed by atoms with Crippen LogP contribution in [0.1, 0.15) is 32.6 Å². The molecule has 66 valence electrons. The van der Waals surface area contributed by atoms with E-state index in [2.05, 4.69) is 6.92 Å². The Kier molecular flexibility index (Phi) is 3.09. The lowest BCUT2D eigenvalue weighted by molar-refractivity contribution is -0.113. The Bertz CT molecular complexity index is 207. The van der Waals surface area contributed by atoms with Gasteiger partial charge in [0.15, 0.2) is 0 Å². The Hall–Kier alpha value is -1.04. The molecule has 0 spiro atoms. The topological polar surface area (TPSA) is 43.9 Å². The van der Waals surface area contributed by atoms with Crippen LogP contribution in [0.15, 0.2) is 0 Å². The Labute approximate surface area is 73.0 Å². The highest BCUT2D eigenvalue weighted by Crippen LogP contribution is 2.24. The number of hydrogen-bond donors (Lipinski definition) is 0. The van der Waals surface area contributed by atoms with E-state index in [9.17, 15) is 4.79 Å². The third-order valence-corrected chi connectivity index (χ3v) is 2.17. The molecule has 0 radical (unpaired) electrons. The molecule has 1 aliphatic rings. The minimum absolute atomic E-state index is 0.151. The van der Waals surface area contributed by atoms with Gasteiger partial charge in [0.25, 0.3) is 0 Å². The summed E-state index contributed by atoms with van der Waals surface area (Å²) in [6.07, 6.45) is 3.68. The Morgan fingerprint density at radius 2 is 2.42 bits per heavy atom. The third kappa shape index (κ3) is 1.97. The van der Waals surface area contributed by atoms with Crippen LogP contribution in [0.4, 0.5) is 0 Å². The first-order valence-corrected chi connectivity index (χ1v) is 4.48. The van der Waals surface area contributed by atoms with E-state index in [1.165, 1.54) is 0 Å². The molecule has 1 atom stereocenters. The highest BCUT2D eigenvalue weighted by Gasteiger charge is 2.43. The van der Waals surface area contributed by atoms with Crippen LogP contribution in [-0.4, -0.2) is 23.4 Å². The second kappa shape index (κ2) is 4.10. The Morgan fingerprint density at radius 1 is 1.67 bits per heavy atom. The van der Waals surface area contributed by atoms with Crippen LogP contribution in [0.3, 0.4) is 0 Å². The first kappa shape index (κ1) is 9.05. The van der Waals surface area contributed by atoms with Gasteiger partial charge < -0.3 is 4.90 Å². The van der Waals surface area contributed by atoms with E-state index in [-0.39, 0.29) is 11.9 Å². The molecule has 0 aliphatic carbocycles. The van der Waals surface area contributed by atoms with Crippen LogP contribution in [0.25, 0.3) is 0 Å². The molecule has 1 amide bonds. The molecular weight excluding hydrogens is 152 g/mol. The van der Waals surface area contributed by atoms with Crippen molar-refractivity contribution in [1.29, 1.82) is 5.26 Å². The summed E-state index contributed by atoms with van der Waals surface area (Å²) in [4.78, 5) is 12.8. The molecule has 0 saturated carbocycles. The molecule has 1 fully saturated rings. The molecule has 3 nitrogen and oxygen atoms in total. The maximum atomic E-state index is 11.0. The standard InChI is InChI=1S/C9H14N2O/c1-2-3-5-8-9(12)11(8)7-4-6-10/h8H,2-5,7H2,1H3. The highest BCUT2D eigenvalue weighted by atomic mass is 16.2. The van der Waals surface area contributed by atoms with Crippen molar-refractivity contribution in [3.63, 3.8) is 0 Å². The predicted molar refractivity (Wildman–Crippen MR) is 45.3 cm³/mol. The molecular formula is C9H14N2O. The van der Waals surface area contributed by atoms with E-state index in [1.807, 2.05) is 6.07 Å². The zero-order valence-corrected chi connectivity index (χ0v) is 7.42. The fraction of sp³-hybridized carbons (Fsp3) is 0.778. The lowest BCUT2D eigenvalue weighted by Gasteiger charge is -1.96. The molecule has 3 heteroatoms. The first-order chi connectivity index (χ1) is 5.81. The van der Waals surface area contributed by atoms with Crippen molar-refractivity contribution in [1.82, 2.24) is 4.90 Å². The molecule has 0 bridgehead atoms. The molecule has 0 aromatic rings. The molecule has 1 heterocycles. The average Bonchev–Trinajstić information content (AvgIpc) is 2.69. The largest absolute Gasteiger partial charge is 0.328 e. The SMILES string of the molecule is CCCCC1C(=O)N1CCC#N. The van der Waals surface area contributed by atoms with Gasteiger partial charge in [-0.3, -0.25) is 4.79 Å². The monoisotopic (exact) mass is 166 g/mol. The number of hydrogen-bond acceptors (Lipinski definition) is 2. The van der Waals surface area contributed by atoms with E-state index in [0.29, 0.717) is 13.0 Å². The van der Waals surface area contributed by atoms with Gasteiger partial charge in [-0.25, -0.2) is 0 Å². The lowest BCUT2D eigenvalue weighted by atomic mass is 10.2. The smallest absolute Gasteiger partial charge is 0.246 e. The summed E-state index contributed by atoms with van der Waals surface area (Å²) in [6, 6.07) is 2.19. The van der Waals surface area contributed by atoms with Crippen molar-refractivity contribution in [2.45, 2.75) is 38.6 Å². The summed E-state index contributed by atoms with van der Waals surface area (Å²) in [5.74, 6) is 0.235. The van der Waals surface area contributed by atoms with Gasteiger partial charge in [-0.2, -0.15) is 5.26 Å². The average molecular weight is 166 g/mol. The van der Waals surface area contributed by atoms with Crippen molar-refractivity contribution in [2.75, 3.05) is 6.54 Å². The highest BCUT2D eigenvalue weighted by molar-refractivity contribution is 5.96. The van der Waals surface area contributed by atoms with Crippen LogP contribution in [0.2, 0.25) is 0 Å². The van der Waals surface area contributed by atoms with Crippen molar-refractivity contribution in [2.24, 2.45) is 0 Å². The molecule has 0 aromatic carbocycles. The van der Waals surface area contributed by atoms with E-state index in [4.69, 9.17) is 5.26 Å². The van der Waals surface area contributed by atoms with Crippen molar-refractivity contribution in [3.8, 4) is 6.07 Å². The normalized spacial score (nSPS) is 20.8. The van der Waals surface area contributed by atoms with Crippen LogP contribution in [0, 0.1) is 11.3 Å². The Morgan fingerprint density at radius 3 is 3.00 bits per heavy atom. The fourth-order valence-electron chi connectivity index (χ4n) is 1.37. The maximum absolute atomic E-state index is 11.0. The summed E-state index contributed by atoms with van der Waals surface area (Å²) in [7, 11) is 0. The third-order valence-electron chi connectivity index (χ3n) is 2.17. The number of nitriles is 1. The first-order valence-electron chi connectivity index (χ1n) is 4.48. The van der Waals surface area contributed by atoms with Gasteiger partial charge in [0, 0.05) is 6.54 Å². The minimum atomic E-state index is 0.151. The van der Waals surface area contributed by atoms with Crippen LogP contribution >= 0.6 is 0 Å². The molecule has 1 unspecified atom stereocenters. The number of rotatable bonds is 5. The number of unbranched alkanes of at least 4 members (excludes halogenated alkanes) is 1. The molecule has 0 N–H and O–H groups in total. The van der Waals surface area contributed by atoms with Gasteiger partial charge in [0.05, 0.1) is 12.5 Å². The molecule has 0 aromatic heterocycles. The van der Waals surface area contributed by atoms with E-state index in [1.54, 1.807) is 4.90 Å². The second-order valence-corrected chi connectivity index (χ2v) is 3.10. The second-order valence-electron chi connectivity index (χ2n) is 3.10. The van der Waals surface area contributed by atoms with Gasteiger partial charge in [-0.15, -0.1) is 0 Å². The van der Waals surface area contributed by atoms with Crippen molar-refractivity contribution < 1.29 is 4.79 Å². The fourth-order valence-corrected chi connectivity index (χ4v) is 1.37. The quantitative estimate of drug-likeness (QED) is 0.578. The van der Waals surface area contributed by atoms with Crippen LogP contribution < -0.4 is 0 Å². The number of carbonyl (C=O) groups excluding carboxylic acids is 1. The van der Waals surface area contributed by atoms with Gasteiger partial charge in [0.2, 0.25) is 5.91 Å². The summed E-state index contributed by atoms with van der Waals surface area (Å²) in [5, 5.41) is 8.30. The van der Waals surface area contributed by atoms with Gasteiger partial charge in [-0.1, -0.05) is 19.8 Å². The molecule has 1 rings (SSSR count). The number of amides is 1. The van der Waals surface area contributed by atoms with Crippen LogP contribution in [0.5, 0.6) is 0 Å². The minimum Gasteiger partial charge on any atom is -0.328 e. The van der Waals surface area contributed by atoms with E-state index < -0.39 is 0 Å². The zero-order chi connectivity index (χ0) is 8.97. The van der Waals surface area contributed by atoms with Crippen molar-refractivity contribution >= 4 is 5.91 Å². The molecule has 1 aliphatic heterocycles. The van der Waals surface area contributed by atoms with E-state index in [0.717, 1.165) is 19.3 Å². The summed E-state index contributed by atoms with van der Waals surface area (Å²) in [5.41, 5.74) is 0. The summed E-state index contributed by atoms with van der Waals surface area (Å²) in [6.45, 7) is 2.75. The summed E-state index contributed by atoms with van der Waals surface area (Å²) < 4.78 is 0. The zero-order valence-electron chi connectivity index (χ0n) is 7.42. The maximum Gasteiger partial charge on any atom is 0.246 e. The van der Waals surface area contributed by atoms with E-state index >= 15 is 0 Å². The molecule has 1 saturated heterocycles. The number of nitrogens with zero attached hydrogens (tertiary/aromatic N) is 2. The molecule has 12 heavy (non-hydrogen) atoms. The summed E-state index contributed by atoms with van der Waals surface area (Å²) >= 11 is 0. The van der Waals surface area contributed by atoms with Crippen LogP contribution in [-0.2, 0) is 4.79 Å². The van der Waals surface area contributed by atoms with Gasteiger partial charge in [-0.05, 0) is 6.42 Å². The Balaban J connectivity index is 2.15. The van der Waals surface area contributed by atoms with Gasteiger partial charge in [0.1, 0.15) is 6.04 Å². The van der Waals surface area contributed by atoms with Gasteiger partial charge >= 0.3 is 0 Å².